The molecule has 1 unspecified atom stereocenters. The van der Waals surface area contributed by atoms with Crippen molar-refractivity contribution in [1.29, 1.82) is 0 Å². The lowest BCUT2D eigenvalue weighted by molar-refractivity contribution is -0.176. The maximum Gasteiger partial charge on any atom is 0.393 e. The molecule has 108 valence electrons. The van der Waals surface area contributed by atoms with E-state index < -0.39 is 12.1 Å². The van der Waals surface area contributed by atoms with Crippen LogP contribution in [0.15, 0.2) is 6.33 Å². The second kappa shape index (κ2) is 4.50. The minimum atomic E-state index is -4.19. The standard InChI is InChI=1S/C11H13F3N6/c12-11(13,14)6-2-1-3-20(4-6)9-7-8(17-5-16-7)18-10(15)19-9/h5-6H,1-4H2,(H3,15,16,17,18,19). The van der Waals surface area contributed by atoms with Crippen molar-refractivity contribution in [2.24, 2.45) is 5.92 Å². The molecule has 1 fully saturated rings. The van der Waals surface area contributed by atoms with Crippen molar-refractivity contribution in [3.8, 4) is 0 Å². The van der Waals surface area contributed by atoms with E-state index in [9.17, 15) is 13.2 Å². The van der Waals surface area contributed by atoms with Crippen LogP contribution in [0.25, 0.3) is 11.2 Å². The molecule has 6 nitrogen and oxygen atoms in total. The number of hydrogen-bond acceptors (Lipinski definition) is 5. The third-order valence-electron chi connectivity index (χ3n) is 3.47. The van der Waals surface area contributed by atoms with Crippen LogP contribution in [0.4, 0.5) is 24.9 Å². The van der Waals surface area contributed by atoms with Crippen LogP contribution in [0.2, 0.25) is 0 Å². The third kappa shape index (κ3) is 2.23. The predicted octanol–water partition coefficient (Wildman–Crippen LogP) is 1.71. The van der Waals surface area contributed by atoms with Crippen molar-refractivity contribution >= 4 is 22.9 Å². The van der Waals surface area contributed by atoms with Crippen LogP contribution in [-0.4, -0.2) is 39.2 Å². The van der Waals surface area contributed by atoms with E-state index >= 15 is 0 Å². The van der Waals surface area contributed by atoms with E-state index in [-0.39, 0.29) is 18.9 Å². The second-order valence-corrected chi connectivity index (χ2v) is 4.83. The summed E-state index contributed by atoms with van der Waals surface area (Å²) >= 11 is 0. The van der Waals surface area contributed by atoms with E-state index in [1.807, 2.05) is 0 Å². The van der Waals surface area contributed by atoms with E-state index in [1.165, 1.54) is 6.33 Å². The number of nitrogens with zero attached hydrogens (tertiary/aromatic N) is 4. The molecule has 0 saturated carbocycles. The van der Waals surface area contributed by atoms with Crippen LogP contribution >= 0.6 is 0 Å². The Morgan fingerprint density at radius 3 is 2.90 bits per heavy atom. The molecule has 3 heterocycles. The van der Waals surface area contributed by atoms with Gasteiger partial charge >= 0.3 is 6.18 Å². The molecule has 3 N–H and O–H groups in total. The van der Waals surface area contributed by atoms with Crippen LogP contribution in [0.5, 0.6) is 0 Å². The number of imidazole rings is 1. The first-order chi connectivity index (χ1) is 9.45. The molecular weight excluding hydrogens is 273 g/mol. The topological polar surface area (TPSA) is 83.7 Å². The van der Waals surface area contributed by atoms with E-state index in [1.54, 1.807) is 4.90 Å². The number of nitrogen functional groups attached to an aromatic ring is 1. The summed E-state index contributed by atoms with van der Waals surface area (Å²) in [5.41, 5.74) is 6.46. The number of nitrogens with two attached hydrogens (primary N) is 1. The largest absolute Gasteiger partial charge is 0.393 e. The first kappa shape index (κ1) is 12.9. The van der Waals surface area contributed by atoms with Gasteiger partial charge in [0, 0.05) is 13.1 Å². The molecule has 0 amide bonds. The molecule has 1 aliphatic heterocycles. The second-order valence-electron chi connectivity index (χ2n) is 4.83. The molecule has 0 spiro atoms. The first-order valence-corrected chi connectivity index (χ1v) is 6.23. The van der Waals surface area contributed by atoms with Crippen LogP contribution < -0.4 is 10.6 Å². The number of fused-ring (bicyclic) bond motifs is 1. The number of aromatic nitrogens is 4. The molecule has 2 aromatic rings. The van der Waals surface area contributed by atoms with E-state index in [2.05, 4.69) is 19.9 Å². The lowest BCUT2D eigenvalue weighted by Gasteiger charge is -2.34. The number of hydrogen-bond donors (Lipinski definition) is 2. The van der Waals surface area contributed by atoms with Crippen LogP contribution in [0, 0.1) is 5.92 Å². The van der Waals surface area contributed by atoms with Crippen molar-refractivity contribution < 1.29 is 13.2 Å². The molecule has 1 saturated heterocycles. The maximum absolute atomic E-state index is 12.9. The van der Waals surface area contributed by atoms with Crippen LogP contribution in [-0.2, 0) is 0 Å². The minimum Gasteiger partial charge on any atom is -0.368 e. The van der Waals surface area contributed by atoms with Gasteiger partial charge in [0.2, 0.25) is 5.95 Å². The quantitative estimate of drug-likeness (QED) is 0.833. The summed E-state index contributed by atoms with van der Waals surface area (Å²) in [6.45, 7) is 0.394. The summed E-state index contributed by atoms with van der Waals surface area (Å²) < 4.78 is 38.6. The number of rotatable bonds is 1. The smallest absolute Gasteiger partial charge is 0.368 e. The van der Waals surface area contributed by atoms with Gasteiger partial charge in [0.1, 0.15) is 5.52 Å². The monoisotopic (exact) mass is 286 g/mol. The Balaban J connectivity index is 1.96. The third-order valence-corrected chi connectivity index (χ3v) is 3.47. The van der Waals surface area contributed by atoms with Gasteiger partial charge in [-0.15, -0.1) is 0 Å². The number of piperidine rings is 1. The van der Waals surface area contributed by atoms with Gasteiger partial charge in [0.25, 0.3) is 0 Å². The molecule has 20 heavy (non-hydrogen) atoms. The summed E-state index contributed by atoms with van der Waals surface area (Å²) in [6.07, 6.45) is -2.16. The maximum atomic E-state index is 12.9. The number of anilines is 2. The van der Waals surface area contributed by atoms with Gasteiger partial charge in [0.05, 0.1) is 12.2 Å². The van der Waals surface area contributed by atoms with E-state index in [0.29, 0.717) is 29.9 Å². The average Bonchev–Trinajstić information content (AvgIpc) is 2.85. The van der Waals surface area contributed by atoms with Crippen molar-refractivity contribution in [2.75, 3.05) is 23.7 Å². The molecule has 1 aliphatic rings. The lowest BCUT2D eigenvalue weighted by Crippen LogP contribution is -2.42. The van der Waals surface area contributed by atoms with Gasteiger partial charge in [-0.3, -0.25) is 0 Å². The Kier molecular flexibility index (Phi) is 2.91. The number of aromatic amines is 1. The number of nitrogens with one attached hydrogen (secondary N) is 1. The zero-order valence-electron chi connectivity index (χ0n) is 10.5. The van der Waals surface area contributed by atoms with Gasteiger partial charge < -0.3 is 15.6 Å². The average molecular weight is 286 g/mol. The van der Waals surface area contributed by atoms with Crippen LogP contribution in [0.3, 0.4) is 0 Å². The fraction of sp³-hybridized carbons (Fsp3) is 0.545. The highest BCUT2D eigenvalue weighted by atomic mass is 19.4. The zero-order chi connectivity index (χ0) is 14.3. The molecule has 0 aliphatic carbocycles. The lowest BCUT2D eigenvalue weighted by atomic mass is 9.97. The van der Waals surface area contributed by atoms with Gasteiger partial charge in [-0.25, -0.2) is 4.98 Å². The van der Waals surface area contributed by atoms with E-state index in [4.69, 9.17) is 5.73 Å². The van der Waals surface area contributed by atoms with Gasteiger partial charge in [-0.05, 0) is 12.8 Å². The van der Waals surface area contributed by atoms with Crippen molar-refractivity contribution in [3.05, 3.63) is 6.33 Å². The fourth-order valence-corrected chi connectivity index (χ4v) is 2.50. The Hall–Kier alpha value is -2.06. The summed E-state index contributed by atoms with van der Waals surface area (Å²) in [6, 6.07) is 0. The number of halogens is 3. The number of H-pyrrole nitrogens is 1. The molecule has 3 rings (SSSR count). The summed E-state index contributed by atoms with van der Waals surface area (Å²) in [5, 5.41) is 0. The SMILES string of the molecule is Nc1nc(N2CCCC(C(F)(F)F)C2)c2[nH]cnc2n1. The highest BCUT2D eigenvalue weighted by Gasteiger charge is 2.42. The molecule has 0 aromatic carbocycles. The van der Waals surface area contributed by atoms with Gasteiger partial charge in [0.15, 0.2) is 11.5 Å². The summed E-state index contributed by atoms with van der Waals surface area (Å²) in [5.74, 6) is -0.946. The van der Waals surface area contributed by atoms with Crippen LogP contribution in [0.1, 0.15) is 12.8 Å². The minimum absolute atomic E-state index is 0.00809. The molecule has 1 atom stereocenters. The predicted molar refractivity (Wildman–Crippen MR) is 67.1 cm³/mol. The molecule has 0 radical (unpaired) electrons. The Morgan fingerprint density at radius 2 is 2.15 bits per heavy atom. The number of alkyl halides is 3. The van der Waals surface area contributed by atoms with Gasteiger partial charge in [-0.1, -0.05) is 0 Å². The van der Waals surface area contributed by atoms with Crippen molar-refractivity contribution in [1.82, 2.24) is 19.9 Å². The Bertz CT molecular complexity index is 622. The highest BCUT2D eigenvalue weighted by molar-refractivity contribution is 5.84. The van der Waals surface area contributed by atoms with Crippen molar-refractivity contribution in [3.63, 3.8) is 0 Å². The Morgan fingerprint density at radius 1 is 1.35 bits per heavy atom. The Labute approximate surface area is 112 Å². The molecule has 9 heteroatoms. The van der Waals surface area contributed by atoms with E-state index in [0.717, 1.165) is 0 Å². The zero-order valence-corrected chi connectivity index (χ0v) is 10.5. The van der Waals surface area contributed by atoms with Gasteiger partial charge in [-0.2, -0.15) is 23.1 Å². The molecule has 2 aromatic heterocycles. The van der Waals surface area contributed by atoms with Crippen molar-refractivity contribution in [2.45, 2.75) is 19.0 Å². The fourth-order valence-electron chi connectivity index (χ4n) is 2.50. The normalized spacial score (nSPS) is 20.6. The summed E-state index contributed by atoms with van der Waals surface area (Å²) in [7, 11) is 0. The summed E-state index contributed by atoms with van der Waals surface area (Å²) in [4.78, 5) is 16.4. The first-order valence-electron chi connectivity index (χ1n) is 6.23. The highest BCUT2D eigenvalue weighted by Crippen LogP contribution is 2.35. The molecule has 0 bridgehead atoms. The molecular formula is C11H13F3N6.